The second kappa shape index (κ2) is 9.24. The van der Waals surface area contributed by atoms with Gasteiger partial charge < -0.3 is 9.84 Å². The fourth-order valence-electron chi connectivity index (χ4n) is 4.15. The van der Waals surface area contributed by atoms with Gasteiger partial charge >= 0.3 is 0 Å². The summed E-state index contributed by atoms with van der Waals surface area (Å²) in [6, 6.07) is 11.8. The quantitative estimate of drug-likeness (QED) is 0.722. The number of rotatable bonds is 7. The van der Waals surface area contributed by atoms with Gasteiger partial charge in [-0.2, -0.15) is 4.31 Å². The second-order valence-electron chi connectivity index (χ2n) is 7.70. The molecule has 1 aliphatic heterocycles. The first kappa shape index (κ1) is 21.0. The molecule has 2 atom stereocenters. The van der Waals surface area contributed by atoms with Gasteiger partial charge in [-0.25, -0.2) is 8.42 Å². The normalized spacial score (nSPS) is 22.3. The minimum absolute atomic E-state index is 0.0578. The fraction of sp³-hybridized carbons (Fsp3) is 0.524. The van der Waals surface area contributed by atoms with Crippen LogP contribution in [-0.4, -0.2) is 68.2 Å². The van der Waals surface area contributed by atoms with Crippen LogP contribution in [0.1, 0.15) is 30.1 Å². The Morgan fingerprint density at radius 1 is 1.14 bits per heavy atom. The van der Waals surface area contributed by atoms with Crippen molar-refractivity contribution >= 4 is 21.4 Å². The Morgan fingerprint density at radius 2 is 1.93 bits per heavy atom. The molecule has 0 amide bonds. The molecule has 1 aromatic heterocycles. The van der Waals surface area contributed by atoms with Gasteiger partial charge in [0.25, 0.3) is 10.0 Å². The molecule has 1 aromatic carbocycles. The maximum Gasteiger partial charge on any atom is 0.252 e. The number of aliphatic hydroxyl groups excluding tert-OH is 1. The number of hydrogen-bond donors (Lipinski definition) is 1. The van der Waals surface area contributed by atoms with Crippen LogP contribution in [0.2, 0.25) is 0 Å². The van der Waals surface area contributed by atoms with Crippen molar-refractivity contribution in [2.45, 2.75) is 35.7 Å². The molecule has 1 fully saturated rings. The van der Waals surface area contributed by atoms with Crippen LogP contribution in [0.5, 0.6) is 0 Å². The van der Waals surface area contributed by atoms with Gasteiger partial charge in [0.1, 0.15) is 4.21 Å². The molecule has 29 heavy (non-hydrogen) atoms. The number of ether oxygens (including phenoxy) is 1. The number of benzene rings is 1. The van der Waals surface area contributed by atoms with E-state index in [2.05, 4.69) is 23.1 Å². The van der Waals surface area contributed by atoms with Crippen molar-refractivity contribution in [3.8, 4) is 0 Å². The highest BCUT2D eigenvalue weighted by molar-refractivity contribution is 7.91. The summed E-state index contributed by atoms with van der Waals surface area (Å²) in [5, 5.41) is 12.2. The number of aryl methyl sites for hydroxylation is 1. The number of hydrogen-bond acceptors (Lipinski definition) is 6. The number of piperazine rings is 1. The Bertz CT molecular complexity index is 893. The maximum absolute atomic E-state index is 12.6. The van der Waals surface area contributed by atoms with E-state index in [0.29, 0.717) is 43.5 Å². The average molecular weight is 437 g/mol. The van der Waals surface area contributed by atoms with Crippen LogP contribution in [0.3, 0.4) is 0 Å². The molecular weight excluding hydrogens is 408 g/mol. The lowest BCUT2D eigenvalue weighted by Crippen LogP contribution is -2.50. The lowest BCUT2D eigenvalue weighted by atomic mass is 9.89. The SMILES string of the molecule is O=S(=O)(c1cccs1)N1CCN(C[C@H](O)CO[C@H]2CCCc3ccccc32)CC1. The van der Waals surface area contributed by atoms with E-state index < -0.39 is 16.1 Å². The van der Waals surface area contributed by atoms with Crippen LogP contribution in [0, 0.1) is 0 Å². The van der Waals surface area contributed by atoms with Crippen LogP contribution in [-0.2, 0) is 21.2 Å². The van der Waals surface area contributed by atoms with Crippen LogP contribution in [0.25, 0.3) is 0 Å². The summed E-state index contributed by atoms with van der Waals surface area (Å²) < 4.78 is 33.2. The molecular formula is C21H28N2O4S2. The first-order chi connectivity index (χ1) is 14.0. The molecule has 0 bridgehead atoms. The van der Waals surface area contributed by atoms with E-state index in [4.69, 9.17) is 4.74 Å². The Morgan fingerprint density at radius 3 is 2.69 bits per heavy atom. The molecule has 0 saturated carbocycles. The van der Waals surface area contributed by atoms with Crippen molar-refractivity contribution in [1.82, 2.24) is 9.21 Å². The number of sulfonamides is 1. The monoisotopic (exact) mass is 436 g/mol. The van der Waals surface area contributed by atoms with Crippen molar-refractivity contribution in [1.29, 1.82) is 0 Å². The van der Waals surface area contributed by atoms with E-state index in [9.17, 15) is 13.5 Å². The van der Waals surface area contributed by atoms with Crippen LogP contribution in [0.15, 0.2) is 46.0 Å². The topological polar surface area (TPSA) is 70.1 Å². The second-order valence-corrected chi connectivity index (χ2v) is 10.8. The highest BCUT2D eigenvalue weighted by Crippen LogP contribution is 2.32. The first-order valence-corrected chi connectivity index (χ1v) is 12.5. The Balaban J connectivity index is 1.24. The largest absolute Gasteiger partial charge is 0.389 e. The minimum Gasteiger partial charge on any atom is -0.389 e. The zero-order valence-electron chi connectivity index (χ0n) is 16.4. The van der Waals surface area contributed by atoms with Gasteiger partial charge in [-0.3, -0.25) is 4.90 Å². The maximum atomic E-state index is 12.6. The van der Waals surface area contributed by atoms with Crippen molar-refractivity contribution in [2.75, 3.05) is 39.3 Å². The summed E-state index contributed by atoms with van der Waals surface area (Å²) in [5.41, 5.74) is 2.60. The number of β-amino-alcohol motifs (C(OH)–C–C–N with tert-alkyl or cyclic N) is 1. The average Bonchev–Trinajstić information content (AvgIpc) is 3.28. The van der Waals surface area contributed by atoms with E-state index in [1.165, 1.54) is 26.8 Å². The van der Waals surface area contributed by atoms with Crippen molar-refractivity contribution in [3.63, 3.8) is 0 Å². The molecule has 0 unspecified atom stereocenters. The van der Waals surface area contributed by atoms with Gasteiger partial charge in [0.2, 0.25) is 0 Å². The van der Waals surface area contributed by atoms with Gasteiger partial charge in [-0.1, -0.05) is 30.3 Å². The molecule has 8 heteroatoms. The van der Waals surface area contributed by atoms with Gasteiger partial charge in [0.05, 0.1) is 18.8 Å². The highest BCUT2D eigenvalue weighted by Gasteiger charge is 2.30. The third kappa shape index (κ3) is 4.90. The molecule has 158 valence electrons. The molecule has 2 aliphatic rings. The molecule has 6 nitrogen and oxygen atoms in total. The van der Waals surface area contributed by atoms with Gasteiger partial charge in [-0.15, -0.1) is 11.3 Å². The van der Waals surface area contributed by atoms with E-state index in [1.54, 1.807) is 17.5 Å². The number of fused-ring (bicyclic) bond motifs is 1. The van der Waals surface area contributed by atoms with Gasteiger partial charge in [0, 0.05) is 32.7 Å². The minimum atomic E-state index is -3.39. The lowest BCUT2D eigenvalue weighted by molar-refractivity contribution is -0.0304. The van der Waals surface area contributed by atoms with E-state index in [0.717, 1.165) is 19.3 Å². The summed E-state index contributed by atoms with van der Waals surface area (Å²) >= 11 is 1.25. The van der Waals surface area contributed by atoms with Crippen LogP contribution < -0.4 is 0 Å². The number of aliphatic hydroxyl groups is 1. The van der Waals surface area contributed by atoms with Crippen LogP contribution >= 0.6 is 11.3 Å². The predicted octanol–water partition coefficient (Wildman–Crippen LogP) is 2.51. The van der Waals surface area contributed by atoms with Gasteiger partial charge in [0.15, 0.2) is 0 Å². The van der Waals surface area contributed by atoms with E-state index >= 15 is 0 Å². The summed E-state index contributed by atoms with van der Waals surface area (Å²) in [6.07, 6.45) is 2.67. The number of thiophene rings is 1. The third-order valence-electron chi connectivity index (χ3n) is 5.69. The summed E-state index contributed by atoms with van der Waals surface area (Å²) in [4.78, 5) is 2.11. The zero-order valence-corrected chi connectivity index (χ0v) is 18.1. The van der Waals surface area contributed by atoms with Crippen LogP contribution in [0.4, 0.5) is 0 Å². The Hall–Kier alpha value is -1.29. The molecule has 2 heterocycles. The summed E-state index contributed by atoms with van der Waals surface area (Å²) in [5.74, 6) is 0. The molecule has 0 spiro atoms. The molecule has 0 radical (unpaired) electrons. The molecule has 4 rings (SSSR count). The smallest absolute Gasteiger partial charge is 0.252 e. The first-order valence-electron chi connectivity index (χ1n) is 10.2. The van der Waals surface area contributed by atoms with Crippen molar-refractivity contribution < 1.29 is 18.3 Å². The van der Waals surface area contributed by atoms with E-state index in [-0.39, 0.29) is 6.10 Å². The zero-order chi connectivity index (χ0) is 20.3. The van der Waals surface area contributed by atoms with Crippen molar-refractivity contribution in [2.24, 2.45) is 0 Å². The Labute approximate surface area is 176 Å². The fourth-order valence-corrected chi connectivity index (χ4v) is 6.72. The lowest BCUT2D eigenvalue weighted by Gasteiger charge is -2.35. The standard InChI is InChI=1S/C21H28N2O4S2/c24-18(16-27-20-8-3-6-17-5-1-2-7-19(17)20)15-22-10-12-23(13-11-22)29(25,26)21-9-4-14-28-21/h1-2,4-5,7,9,14,18,20,24H,3,6,8,10-13,15-16H2/t18-,20-/m0/s1. The Kier molecular flexibility index (Phi) is 6.68. The summed E-state index contributed by atoms with van der Waals surface area (Å²) in [6.45, 7) is 2.93. The highest BCUT2D eigenvalue weighted by atomic mass is 32.2. The van der Waals surface area contributed by atoms with Gasteiger partial charge in [-0.05, 0) is 41.8 Å². The summed E-state index contributed by atoms with van der Waals surface area (Å²) in [7, 11) is -3.39. The third-order valence-corrected chi connectivity index (χ3v) is 8.97. The molecule has 1 aliphatic carbocycles. The molecule has 1 saturated heterocycles. The van der Waals surface area contributed by atoms with Crippen molar-refractivity contribution in [3.05, 3.63) is 52.9 Å². The molecule has 1 N–H and O–H groups in total. The predicted molar refractivity (Wildman–Crippen MR) is 114 cm³/mol. The molecule has 2 aromatic rings. The number of nitrogens with zero attached hydrogens (tertiary/aromatic N) is 2. The van der Waals surface area contributed by atoms with E-state index in [1.807, 2.05) is 6.07 Å².